The number of aromatic nitrogens is 4. The van der Waals surface area contributed by atoms with Crippen LogP contribution in [0.5, 0.6) is 11.5 Å². The molecular formula is C24H26N6O4. The summed E-state index contributed by atoms with van der Waals surface area (Å²) in [7, 11) is 3.24. The number of methoxy groups -OCH3 is 2. The first-order chi connectivity index (χ1) is 16.6. The van der Waals surface area contributed by atoms with Crippen LogP contribution in [0.3, 0.4) is 0 Å². The van der Waals surface area contributed by atoms with E-state index in [0.29, 0.717) is 19.0 Å². The number of nitrogens with one attached hydrogen (secondary N) is 2. The molecule has 0 aliphatic carbocycles. The van der Waals surface area contributed by atoms with Crippen molar-refractivity contribution >= 4 is 17.8 Å². The number of rotatable bonds is 9. The number of urea groups is 1. The summed E-state index contributed by atoms with van der Waals surface area (Å²) in [6.07, 6.45) is 1.65. The molecule has 2 amide bonds. The number of hydrogen-bond donors (Lipinski definition) is 2. The second kappa shape index (κ2) is 10.6. The molecule has 2 N–H and O–H groups in total. The van der Waals surface area contributed by atoms with E-state index in [1.165, 1.54) is 0 Å². The maximum absolute atomic E-state index is 12.5. The molecule has 4 rings (SSSR count). The van der Waals surface area contributed by atoms with Crippen molar-refractivity contribution in [2.24, 2.45) is 0 Å². The predicted octanol–water partition coefficient (Wildman–Crippen LogP) is 3.71. The molecule has 0 saturated carbocycles. The summed E-state index contributed by atoms with van der Waals surface area (Å²) >= 11 is 0. The molecule has 0 bridgehead atoms. The summed E-state index contributed by atoms with van der Waals surface area (Å²) in [5, 5.41) is 9.98. The molecule has 10 heteroatoms. The van der Waals surface area contributed by atoms with Crippen LogP contribution >= 0.6 is 0 Å². The molecule has 0 aliphatic rings. The van der Waals surface area contributed by atoms with E-state index in [1.807, 2.05) is 61.5 Å². The zero-order chi connectivity index (χ0) is 23.9. The molecule has 0 unspecified atom stereocenters. The molecule has 176 valence electrons. The Bertz CT molecular complexity index is 1260. The Hall–Kier alpha value is -4.18. The van der Waals surface area contributed by atoms with Gasteiger partial charge in [0, 0.05) is 18.9 Å². The van der Waals surface area contributed by atoms with E-state index in [0.717, 1.165) is 28.3 Å². The van der Waals surface area contributed by atoms with Gasteiger partial charge in [-0.1, -0.05) is 12.1 Å². The molecular weight excluding hydrogens is 436 g/mol. The Labute approximate surface area is 196 Å². The fourth-order valence-corrected chi connectivity index (χ4v) is 3.36. The Morgan fingerprint density at radius 2 is 1.88 bits per heavy atom. The molecule has 10 nitrogen and oxygen atoms in total. The molecule has 2 aromatic carbocycles. The molecule has 34 heavy (non-hydrogen) atoms. The number of hydrogen-bond acceptors (Lipinski definition) is 7. The highest BCUT2D eigenvalue weighted by Gasteiger charge is 2.15. The monoisotopic (exact) mass is 462 g/mol. The van der Waals surface area contributed by atoms with Gasteiger partial charge in [-0.15, -0.1) is 5.10 Å². The van der Waals surface area contributed by atoms with Gasteiger partial charge < -0.3 is 19.5 Å². The standard InChI is InChI=1S/C24H26N6O4/c1-16(18-5-4-6-20(15-18)33-3)26-24(31)28-22-27-23-25-12-11-21(30(23)29-22)17-7-9-19(10-8-17)34-14-13-32-2/h4-12,15-16H,13-14H2,1-3H3,(H2,26,28,29,31)/t16-/m0/s1. The number of amides is 2. The van der Waals surface area contributed by atoms with Gasteiger partial charge in [-0.25, -0.2) is 9.78 Å². The average Bonchev–Trinajstić information content (AvgIpc) is 3.27. The van der Waals surface area contributed by atoms with Crippen LogP contribution < -0.4 is 20.1 Å². The Balaban J connectivity index is 1.46. The fraction of sp³-hybridized carbons (Fsp3) is 0.250. The van der Waals surface area contributed by atoms with E-state index >= 15 is 0 Å². The second-order valence-electron chi connectivity index (χ2n) is 7.44. The minimum atomic E-state index is -0.426. The summed E-state index contributed by atoms with van der Waals surface area (Å²) in [4.78, 5) is 21.1. The quantitative estimate of drug-likeness (QED) is 0.365. The van der Waals surface area contributed by atoms with Crippen LogP contribution in [-0.2, 0) is 4.74 Å². The number of fused-ring (bicyclic) bond motifs is 1. The number of nitrogens with zero attached hydrogens (tertiary/aromatic N) is 4. The SMILES string of the molecule is COCCOc1ccc(-c2ccnc3nc(NC(=O)N[C@@H](C)c4cccc(OC)c4)nn23)cc1. The third-order valence-electron chi connectivity index (χ3n) is 5.11. The van der Waals surface area contributed by atoms with Crippen LogP contribution in [0, 0.1) is 0 Å². The van der Waals surface area contributed by atoms with Crippen LogP contribution in [0.1, 0.15) is 18.5 Å². The summed E-state index contributed by atoms with van der Waals surface area (Å²) in [5.74, 6) is 1.99. The van der Waals surface area contributed by atoms with Crippen molar-refractivity contribution in [3.8, 4) is 22.8 Å². The van der Waals surface area contributed by atoms with Crippen LogP contribution in [0.15, 0.2) is 60.8 Å². The third-order valence-corrected chi connectivity index (χ3v) is 5.11. The van der Waals surface area contributed by atoms with Crippen molar-refractivity contribution in [3.05, 3.63) is 66.4 Å². The highest BCUT2D eigenvalue weighted by molar-refractivity contribution is 5.87. The first-order valence-corrected chi connectivity index (χ1v) is 10.7. The summed E-state index contributed by atoms with van der Waals surface area (Å²) in [6.45, 7) is 2.88. The van der Waals surface area contributed by atoms with Gasteiger partial charge in [0.05, 0.1) is 25.5 Å². The van der Waals surface area contributed by atoms with Gasteiger partial charge in [0.25, 0.3) is 11.7 Å². The van der Waals surface area contributed by atoms with E-state index in [1.54, 1.807) is 24.9 Å². The zero-order valence-corrected chi connectivity index (χ0v) is 19.2. The molecule has 4 aromatic rings. The van der Waals surface area contributed by atoms with E-state index in [2.05, 4.69) is 25.7 Å². The van der Waals surface area contributed by atoms with Crippen molar-refractivity contribution < 1.29 is 19.0 Å². The summed E-state index contributed by atoms with van der Waals surface area (Å²) in [5.41, 5.74) is 2.59. The Morgan fingerprint density at radius 3 is 2.65 bits per heavy atom. The highest BCUT2D eigenvalue weighted by atomic mass is 16.5. The molecule has 2 heterocycles. The number of ether oxygens (including phenoxy) is 3. The lowest BCUT2D eigenvalue weighted by Crippen LogP contribution is -2.31. The maximum Gasteiger partial charge on any atom is 0.322 e. The molecule has 0 saturated heterocycles. The third kappa shape index (κ3) is 5.41. The van der Waals surface area contributed by atoms with Crippen LogP contribution in [0.4, 0.5) is 10.7 Å². The molecule has 0 spiro atoms. The number of carbonyl (C=O) groups excluding carboxylic acids is 1. The number of benzene rings is 2. The van der Waals surface area contributed by atoms with E-state index < -0.39 is 6.03 Å². The predicted molar refractivity (Wildman–Crippen MR) is 127 cm³/mol. The van der Waals surface area contributed by atoms with Crippen molar-refractivity contribution in [1.29, 1.82) is 0 Å². The lowest BCUT2D eigenvalue weighted by molar-refractivity contribution is 0.146. The first-order valence-electron chi connectivity index (χ1n) is 10.7. The second-order valence-corrected chi connectivity index (χ2v) is 7.44. The molecule has 0 radical (unpaired) electrons. The minimum absolute atomic E-state index is 0.148. The van der Waals surface area contributed by atoms with Crippen molar-refractivity contribution in [2.75, 3.05) is 32.8 Å². The lowest BCUT2D eigenvalue weighted by atomic mass is 10.1. The maximum atomic E-state index is 12.5. The fourth-order valence-electron chi connectivity index (χ4n) is 3.36. The van der Waals surface area contributed by atoms with Gasteiger partial charge in [-0.3, -0.25) is 5.32 Å². The van der Waals surface area contributed by atoms with Crippen LogP contribution in [0.2, 0.25) is 0 Å². The smallest absolute Gasteiger partial charge is 0.322 e. The minimum Gasteiger partial charge on any atom is -0.497 e. The number of carbonyl (C=O) groups is 1. The van der Waals surface area contributed by atoms with E-state index in [-0.39, 0.29) is 12.0 Å². The highest BCUT2D eigenvalue weighted by Crippen LogP contribution is 2.23. The van der Waals surface area contributed by atoms with Crippen molar-refractivity contribution in [3.63, 3.8) is 0 Å². The van der Waals surface area contributed by atoms with Gasteiger partial charge in [0.2, 0.25) is 0 Å². The molecule has 1 atom stereocenters. The Kier molecular flexibility index (Phi) is 7.19. The van der Waals surface area contributed by atoms with E-state index in [9.17, 15) is 4.79 Å². The average molecular weight is 463 g/mol. The lowest BCUT2D eigenvalue weighted by Gasteiger charge is -2.14. The molecule has 2 aromatic heterocycles. The Morgan fingerprint density at radius 1 is 1.06 bits per heavy atom. The largest absolute Gasteiger partial charge is 0.497 e. The summed E-state index contributed by atoms with van der Waals surface area (Å²) < 4.78 is 17.4. The van der Waals surface area contributed by atoms with Gasteiger partial charge in [-0.2, -0.15) is 9.50 Å². The van der Waals surface area contributed by atoms with Gasteiger partial charge >= 0.3 is 6.03 Å². The van der Waals surface area contributed by atoms with Gasteiger partial charge in [0.1, 0.15) is 18.1 Å². The molecule has 0 aliphatic heterocycles. The zero-order valence-electron chi connectivity index (χ0n) is 19.2. The van der Waals surface area contributed by atoms with Crippen molar-refractivity contribution in [1.82, 2.24) is 24.9 Å². The van der Waals surface area contributed by atoms with Crippen LogP contribution in [-0.4, -0.2) is 53.0 Å². The van der Waals surface area contributed by atoms with Crippen molar-refractivity contribution in [2.45, 2.75) is 13.0 Å². The van der Waals surface area contributed by atoms with Gasteiger partial charge in [0.15, 0.2) is 0 Å². The summed E-state index contributed by atoms with van der Waals surface area (Å²) in [6, 6.07) is 16.3. The number of anilines is 1. The molecule has 0 fully saturated rings. The van der Waals surface area contributed by atoms with Crippen LogP contribution in [0.25, 0.3) is 17.0 Å². The topological polar surface area (TPSA) is 112 Å². The first kappa shape index (κ1) is 23.0. The van der Waals surface area contributed by atoms with E-state index in [4.69, 9.17) is 14.2 Å². The normalized spacial score (nSPS) is 11.7. The van der Waals surface area contributed by atoms with Gasteiger partial charge in [-0.05, 0) is 55.0 Å².